The molecule has 0 heterocycles. The molecule has 0 fully saturated rings. The normalized spacial score (nSPS) is 14.0. The lowest BCUT2D eigenvalue weighted by Crippen LogP contribution is -2.37. The second-order valence-electron chi connectivity index (χ2n) is 6.12. The molecule has 2 heteroatoms. The molecule has 0 saturated heterocycles. The Balaban J connectivity index is 2.10. The highest BCUT2D eigenvalue weighted by molar-refractivity contribution is 5.39. The molecule has 1 unspecified atom stereocenters. The summed E-state index contributed by atoms with van der Waals surface area (Å²) in [5.74, 6) is 0. The summed E-state index contributed by atoms with van der Waals surface area (Å²) in [7, 11) is 0. The van der Waals surface area contributed by atoms with E-state index in [4.69, 9.17) is 5.73 Å². The predicted octanol–water partition coefficient (Wildman–Crippen LogP) is 4.67. The van der Waals surface area contributed by atoms with Gasteiger partial charge >= 0.3 is 0 Å². The first-order valence-electron chi connectivity index (χ1n) is 8.27. The Hall–Kier alpha value is -1.80. The molecule has 22 heavy (non-hydrogen) atoms. The maximum atomic E-state index is 5.78. The highest BCUT2D eigenvalue weighted by Gasteiger charge is 2.20. The van der Waals surface area contributed by atoms with E-state index in [0.717, 1.165) is 18.7 Å². The van der Waals surface area contributed by atoms with Gasteiger partial charge in [0.05, 0.1) is 0 Å². The van der Waals surface area contributed by atoms with Crippen molar-refractivity contribution in [3.8, 4) is 0 Å². The van der Waals surface area contributed by atoms with Gasteiger partial charge in [-0.25, -0.2) is 0 Å². The maximum absolute atomic E-state index is 5.78. The molecular weight excluding hydrogens is 268 g/mol. The monoisotopic (exact) mass is 296 g/mol. The number of anilines is 1. The minimum absolute atomic E-state index is 0.435. The maximum Gasteiger partial charge on any atom is 0.0322 e. The van der Waals surface area contributed by atoms with Crippen LogP contribution in [0.2, 0.25) is 0 Å². The van der Waals surface area contributed by atoms with Crippen molar-refractivity contribution in [1.29, 1.82) is 0 Å². The average Bonchev–Trinajstić information content (AvgIpc) is 2.55. The molecule has 2 aromatic carbocycles. The van der Waals surface area contributed by atoms with Crippen LogP contribution in [0.25, 0.3) is 0 Å². The van der Waals surface area contributed by atoms with Gasteiger partial charge in [-0.3, -0.25) is 4.90 Å². The number of nitrogen functional groups attached to an aromatic ring is 1. The van der Waals surface area contributed by atoms with Crippen LogP contribution in [-0.2, 0) is 6.42 Å². The molecular formula is C20H28N2. The fourth-order valence-corrected chi connectivity index (χ4v) is 3.09. The second kappa shape index (κ2) is 8.00. The minimum Gasteiger partial charge on any atom is -0.399 e. The summed E-state index contributed by atoms with van der Waals surface area (Å²) < 4.78 is 0. The van der Waals surface area contributed by atoms with E-state index in [0.29, 0.717) is 12.1 Å². The number of hydrogen-bond donors (Lipinski definition) is 1. The third kappa shape index (κ3) is 4.35. The van der Waals surface area contributed by atoms with Gasteiger partial charge in [-0.15, -0.1) is 0 Å². The highest BCUT2D eigenvalue weighted by Crippen LogP contribution is 2.24. The summed E-state index contributed by atoms with van der Waals surface area (Å²) in [5, 5.41) is 0. The van der Waals surface area contributed by atoms with Gasteiger partial charge in [0, 0.05) is 17.8 Å². The first-order chi connectivity index (χ1) is 10.6. The van der Waals surface area contributed by atoms with E-state index in [-0.39, 0.29) is 0 Å². The smallest absolute Gasteiger partial charge is 0.0322 e. The lowest BCUT2D eigenvalue weighted by atomic mass is 10.0. The molecule has 118 valence electrons. The Bertz CT molecular complexity index is 548. The van der Waals surface area contributed by atoms with E-state index in [1.165, 1.54) is 17.5 Å². The second-order valence-corrected chi connectivity index (χ2v) is 6.12. The molecule has 0 aliphatic rings. The molecule has 0 bridgehead atoms. The van der Waals surface area contributed by atoms with Gasteiger partial charge in [-0.2, -0.15) is 0 Å². The Morgan fingerprint density at radius 1 is 0.955 bits per heavy atom. The van der Waals surface area contributed by atoms with Gasteiger partial charge in [0.2, 0.25) is 0 Å². The van der Waals surface area contributed by atoms with Crippen LogP contribution < -0.4 is 5.73 Å². The summed E-state index contributed by atoms with van der Waals surface area (Å²) >= 11 is 0. The molecule has 2 nitrogen and oxygen atoms in total. The molecule has 2 rings (SSSR count). The zero-order chi connectivity index (χ0) is 15.9. The van der Waals surface area contributed by atoms with Crippen molar-refractivity contribution in [3.05, 3.63) is 65.7 Å². The van der Waals surface area contributed by atoms with E-state index in [1.54, 1.807) is 0 Å². The molecule has 0 aromatic heterocycles. The summed E-state index contributed by atoms with van der Waals surface area (Å²) in [5.41, 5.74) is 9.35. The van der Waals surface area contributed by atoms with E-state index < -0.39 is 0 Å². The molecule has 2 aromatic rings. The van der Waals surface area contributed by atoms with E-state index in [2.05, 4.69) is 68.1 Å². The Kier molecular flexibility index (Phi) is 6.02. The quantitative estimate of drug-likeness (QED) is 0.752. The molecule has 0 spiro atoms. The van der Waals surface area contributed by atoms with Crippen LogP contribution in [0.1, 0.15) is 44.4 Å². The standard InChI is InChI=1S/C20H28N2/c1-4-14-22(17(3)19-8-6-5-7-9-19)16(2)15-18-10-12-20(21)13-11-18/h5-13,16-17H,4,14-15,21H2,1-3H3/t16?,17-/m1/s1. The molecule has 0 amide bonds. The largest absolute Gasteiger partial charge is 0.399 e. The van der Waals surface area contributed by atoms with Crippen molar-refractivity contribution >= 4 is 5.69 Å². The van der Waals surface area contributed by atoms with Gasteiger partial charge in [-0.1, -0.05) is 49.4 Å². The zero-order valence-electron chi connectivity index (χ0n) is 14.0. The third-order valence-corrected chi connectivity index (χ3v) is 4.34. The van der Waals surface area contributed by atoms with Gasteiger partial charge < -0.3 is 5.73 Å². The summed E-state index contributed by atoms with van der Waals surface area (Å²) in [6.45, 7) is 8.00. The van der Waals surface area contributed by atoms with Crippen molar-refractivity contribution in [2.24, 2.45) is 0 Å². The zero-order valence-corrected chi connectivity index (χ0v) is 14.0. The Morgan fingerprint density at radius 3 is 2.18 bits per heavy atom. The predicted molar refractivity (Wildman–Crippen MR) is 95.9 cm³/mol. The molecule has 0 aliphatic heterocycles. The Morgan fingerprint density at radius 2 is 1.59 bits per heavy atom. The van der Waals surface area contributed by atoms with Crippen LogP contribution in [0.5, 0.6) is 0 Å². The van der Waals surface area contributed by atoms with Crippen LogP contribution in [-0.4, -0.2) is 17.5 Å². The van der Waals surface area contributed by atoms with Crippen LogP contribution in [0.4, 0.5) is 5.69 Å². The van der Waals surface area contributed by atoms with Crippen molar-refractivity contribution in [2.45, 2.75) is 45.7 Å². The lowest BCUT2D eigenvalue weighted by molar-refractivity contribution is 0.153. The topological polar surface area (TPSA) is 29.3 Å². The summed E-state index contributed by atoms with van der Waals surface area (Å²) in [4.78, 5) is 2.60. The Labute approximate surface area is 135 Å². The van der Waals surface area contributed by atoms with Gasteiger partial charge in [0.15, 0.2) is 0 Å². The van der Waals surface area contributed by atoms with Crippen LogP contribution in [0.3, 0.4) is 0 Å². The summed E-state index contributed by atoms with van der Waals surface area (Å²) in [6.07, 6.45) is 2.22. The van der Waals surface area contributed by atoms with Crippen molar-refractivity contribution < 1.29 is 0 Å². The summed E-state index contributed by atoms with van der Waals surface area (Å²) in [6, 6.07) is 20.0. The minimum atomic E-state index is 0.435. The number of rotatable bonds is 7. The molecule has 0 radical (unpaired) electrons. The number of hydrogen-bond acceptors (Lipinski definition) is 2. The van der Waals surface area contributed by atoms with Gasteiger partial charge in [0.25, 0.3) is 0 Å². The van der Waals surface area contributed by atoms with Crippen LogP contribution >= 0.6 is 0 Å². The number of nitrogens with two attached hydrogens (primary N) is 1. The first-order valence-corrected chi connectivity index (χ1v) is 8.27. The number of benzene rings is 2. The lowest BCUT2D eigenvalue weighted by Gasteiger charge is -2.35. The van der Waals surface area contributed by atoms with Gasteiger partial charge in [-0.05, 0) is 56.5 Å². The van der Waals surface area contributed by atoms with Gasteiger partial charge in [0.1, 0.15) is 0 Å². The third-order valence-electron chi connectivity index (χ3n) is 4.34. The molecule has 0 saturated carbocycles. The molecule has 2 atom stereocenters. The molecule has 0 aliphatic carbocycles. The number of nitrogens with zero attached hydrogens (tertiary/aromatic N) is 1. The van der Waals surface area contributed by atoms with Crippen molar-refractivity contribution in [1.82, 2.24) is 4.90 Å². The fraction of sp³-hybridized carbons (Fsp3) is 0.400. The fourth-order valence-electron chi connectivity index (χ4n) is 3.09. The van der Waals surface area contributed by atoms with Crippen LogP contribution in [0.15, 0.2) is 54.6 Å². The SMILES string of the molecule is CCCN(C(C)Cc1ccc(N)cc1)[C@H](C)c1ccccc1. The molecule has 2 N–H and O–H groups in total. The van der Waals surface area contributed by atoms with E-state index in [1.807, 2.05) is 12.1 Å². The van der Waals surface area contributed by atoms with E-state index in [9.17, 15) is 0 Å². The average molecular weight is 296 g/mol. The highest BCUT2D eigenvalue weighted by atomic mass is 15.2. The van der Waals surface area contributed by atoms with E-state index >= 15 is 0 Å². The van der Waals surface area contributed by atoms with Crippen LogP contribution in [0, 0.1) is 0 Å². The van der Waals surface area contributed by atoms with Crippen molar-refractivity contribution in [2.75, 3.05) is 12.3 Å². The van der Waals surface area contributed by atoms with Crippen molar-refractivity contribution in [3.63, 3.8) is 0 Å². The first kappa shape index (κ1) is 16.6.